The van der Waals surface area contributed by atoms with Gasteiger partial charge in [-0.25, -0.2) is 0 Å². The van der Waals surface area contributed by atoms with Gasteiger partial charge in [0.15, 0.2) is 5.76 Å². The smallest absolute Gasteiger partial charge is 0.316 e. The molecule has 6 heteroatoms. The zero-order valence-corrected chi connectivity index (χ0v) is 23.6. The zero-order chi connectivity index (χ0) is 28.3. The molecule has 5 rings (SSSR count). The second-order valence-electron chi connectivity index (χ2n) is 10.7. The number of ether oxygens (including phenoxy) is 1. The summed E-state index contributed by atoms with van der Waals surface area (Å²) < 4.78 is 11.1. The molecule has 0 bridgehead atoms. The molecule has 0 radical (unpaired) electrons. The highest BCUT2D eigenvalue weighted by Gasteiger charge is 2.52. The van der Waals surface area contributed by atoms with Crippen LogP contribution in [0.5, 0.6) is 0 Å². The Morgan fingerprint density at radius 3 is 2.12 bits per heavy atom. The number of esters is 1. The number of carbonyl (C=O) groups is 2. The predicted molar refractivity (Wildman–Crippen MR) is 156 cm³/mol. The summed E-state index contributed by atoms with van der Waals surface area (Å²) in [5.74, 6) is 0.779. The summed E-state index contributed by atoms with van der Waals surface area (Å²) in [4.78, 5) is 26.9. The number of amides is 1. The van der Waals surface area contributed by atoms with Gasteiger partial charge in [-0.3, -0.25) is 9.59 Å². The van der Waals surface area contributed by atoms with E-state index in [0.717, 1.165) is 46.4 Å². The lowest BCUT2D eigenvalue weighted by atomic mass is 9.93. The molecule has 206 valence electrons. The highest BCUT2D eigenvalue weighted by atomic mass is 16.5. The molecule has 4 aromatic rings. The summed E-state index contributed by atoms with van der Waals surface area (Å²) >= 11 is 0. The van der Waals surface area contributed by atoms with Crippen molar-refractivity contribution in [3.63, 3.8) is 0 Å². The van der Waals surface area contributed by atoms with Gasteiger partial charge in [-0.05, 0) is 54.9 Å². The van der Waals surface area contributed by atoms with Gasteiger partial charge in [0.05, 0.1) is 24.3 Å². The molecule has 1 fully saturated rings. The number of carbonyl (C=O) groups excluding carboxylic acids is 2. The minimum atomic E-state index is -0.467. The van der Waals surface area contributed by atoms with Gasteiger partial charge in [0.1, 0.15) is 0 Å². The lowest BCUT2D eigenvalue weighted by Gasteiger charge is -2.25. The molecule has 1 heterocycles. The van der Waals surface area contributed by atoms with Crippen LogP contribution in [0.2, 0.25) is 0 Å². The van der Waals surface area contributed by atoms with Crippen LogP contribution >= 0.6 is 0 Å². The van der Waals surface area contributed by atoms with Gasteiger partial charge in [-0.15, -0.1) is 0 Å². The van der Waals surface area contributed by atoms with E-state index in [1.807, 2.05) is 61.2 Å². The van der Waals surface area contributed by atoms with Crippen LogP contribution in [0.15, 0.2) is 83.4 Å². The molecule has 1 aliphatic carbocycles. The number of rotatable bonds is 10. The van der Waals surface area contributed by atoms with E-state index >= 15 is 0 Å². The molecule has 0 aliphatic heterocycles. The minimum Gasteiger partial charge on any atom is -0.465 e. The van der Waals surface area contributed by atoms with E-state index in [2.05, 4.69) is 48.5 Å². The highest BCUT2D eigenvalue weighted by molar-refractivity contribution is 5.87. The van der Waals surface area contributed by atoms with Crippen LogP contribution in [0.25, 0.3) is 22.5 Å². The third-order valence-corrected chi connectivity index (χ3v) is 7.98. The quantitative estimate of drug-likeness (QED) is 0.203. The molecular weight excluding hydrogens is 500 g/mol. The van der Waals surface area contributed by atoms with Crippen LogP contribution in [0, 0.1) is 6.92 Å². The first-order valence-corrected chi connectivity index (χ1v) is 14.0. The van der Waals surface area contributed by atoms with Crippen molar-refractivity contribution in [3.8, 4) is 22.5 Å². The van der Waals surface area contributed by atoms with Crippen molar-refractivity contribution < 1.29 is 18.8 Å². The van der Waals surface area contributed by atoms with E-state index in [1.54, 1.807) is 6.92 Å². The van der Waals surface area contributed by atoms with E-state index in [0.29, 0.717) is 25.5 Å². The highest BCUT2D eigenvalue weighted by Crippen LogP contribution is 2.49. The second kappa shape index (κ2) is 11.5. The van der Waals surface area contributed by atoms with Crippen LogP contribution in [0.4, 0.5) is 0 Å². The van der Waals surface area contributed by atoms with E-state index in [-0.39, 0.29) is 17.8 Å². The summed E-state index contributed by atoms with van der Waals surface area (Å²) in [6.07, 6.45) is 1.68. The van der Waals surface area contributed by atoms with Gasteiger partial charge >= 0.3 is 5.97 Å². The molecule has 40 heavy (non-hydrogen) atoms. The molecule has 3 aromatic carbocycles. The molecule has 0 N–H and O–H groups in total. The standard InChI is InChI=1S/C34H36N2O4/c1-5-39-33(38)34(19-20-34)30-17-15-28(16-18-30)27-11-13-29(14-12-27)32-31(24(3)35-40-32)22-36(25(4)37)21-23(2)26-9-7-6-8-10-26/h6-18,23H,5,19-22H2,1-4H3. The predicted octanol–water partition coefficient (Wildman–Crippen LogP) is 7.06. The molecule has 0 spiro atoms. The number of hydrogen-bond donors (Lipinski definition) is 0. The van der Waals surface area contributed by atoms with Gasteiger partial charge in [0.2, 0.25) is 5.91 Å². The van der Waals surface area contributed by atoms with Gasteiger partial charge in [-0.2, -0.15) is 0 Å². The zero-order valence-electron chi connectivity index (χ0n) is 23.6. The SMILES string of the molecule is CCOC(=O)C1(c2ccc(-c3ccc(-c4onc(C)c4CN(CC(C)c4ccccc4)C(C)=O)cc3)cc2)CC1. The van der Waals surface area contributed by atoms with Gasteiger partial charge < -0.3 is 14.2 Å². The Hall–Kier alpha value is -4.19. The lowest BCUT2D eigenvalue weighted by molar-refractivity contribution is -0.146. The Balaban J connectivity index is 1.32. The number of nitrogens with zero attached hydrogens (tertiary/aromatic N) is 2. The average molecular weight is 537 g/mol. The van der Waals surface area contributed by atoms with Crippen molar-refractivity contribution in [2.24, 2.45) is 0 Å². The lowest BCUT2D eigenvalue weighted by Crippen LogP contribution is -2.32. The van der Waals surface area contributed by atoms with Crippen LogP contribution in [-0.4, -0.2) is 35.1 Å². The maximum Gasteiger partial charge on any atom is 0.316 e. The van der Waals surface area contributed by atoms with Gasteiger partial charge in [0, 0.05) is 24.6 Å². The van der Waals surface area contributed by atoms with Gasteiger partial charge in [-0.1, -0.05) is 90.9 Å². The van der Waals surface area contributed by atoms with Crippen molar-refractivity contribution in [2.75, 3.05) is 13.2 Å². The molecular formula is C34H36N2O4. The first-order chi connectivity index (χ1) is 19.3. The maximum absolute atomic E-state index is 12.6. The summed E-state index contributed by atoms with van der Waals surface area (Å²) in [6, 6.07) is 26.6. The molecule has 1 atom stereocenters. The molecule has 1 aromatic heterocycles. The van der Waals surface area contributed by atoms with Crippen molar-refractivity contribution in [3.05, 3.63) is 101 Å². The fraction of sp³-hybridized carbons (Fsp3) is 0.324. The van der Waals surface area contributed by atoms with Gasteiger partial charge in [0.25, 0.3) is 0 Å². The van der Waals surface area contributed by atoms with Crippen molar-refractivity contribution >= 4 is 11.9 Å². The topological polar surface area (TPSA) is 72.6 Å². The molecule has 6 nitrogen and oxygen atoms in total. The maximum atomic E-state index is 12.6. The Labute approximate surface area is 236 Å². The Morgan fingerprint density at radius 1 is 0.950 bits per heavy atom. The normalized spacial score (nSPS) is 14.4. The number of aryl methyl sites for hydroxylation is 1. The van der Waals surface area contributed by atoms with Crippen molar-refractivity contribution in [1.82, 2.24) is 10.1 Å². The Morgan fingerprint density at radius 2 is 1.55 bits per heavy atom. The van der Waals surface area contributed by atoms with E-state index in [9.17, 15) is 9.59 Å². The van der Waals surface area contributed by atoms with Crippen molar-refractivity contribution in [1.29, 1.82) is 0 Å². The third-order valence-electron chi connectivity index (χ3n) is 7.98. The van der Waals surface area contributed by atoms with Crippen LogP contribution in [0.1, 0.15) is 61.9 Å². The number of hydrogen-bond acceptors (Lipinski definition) is 5. The van der Waals surface area contributed by atoms with Crippen LogP contribution in [-0.2, 0) is 26.3 Å². The fourth-order valence-electron chi connectivity index (χ4n) is 5.32. The molecule has 1 aliphatic rings. The number of aromatic nitrogens is 1. The monoisotopic (exact) mass is 536 g/mol. The molecule has 1 saturated carbocycles. The largest absolute Gasteiger partial charge is 0.465 e. The minimum absolute atomic E-state index is 0.0176. The van der Waals surface area contributed by atoms with Crippen LogP contribution in [0.3, 0.4) is 0 Å². The summed E-state index contributed by atoms with van der Waals surface area (Å²) in [5, 5.41) is 4.24. The van der Waals surface area contributed by atoms with Crippen molar-refractivity contribution in [2.45, 2.75) is 58.4 Å². The molecule has 0 saturated heterocycles. The Kier molecular flexibility index (Phi) is 7.88. The number of benzene rings is 3. The van der Waals surface area contributed by atoms with E-state index in [1.165, 1.54) is 5.56 Å². The first-order valence-electron chi connectivity index (χ1n) is 14.0. The van der Waals surface area contributed by atoms with Crippen LogP contribution < -0.4 is 0 Å². The fourth-order valence-corrected chi connectivity index (χ4v) is 5.32. The molecule has 1 unspecified atom stereocenters. The third kappa shape index (κ3) is 5.57. The Bertz CT molecular complexity index is 1470. The van der Waals surface area contributed by atoms with E-state index < -0.39 is 5.41 Å². The molecule has 1 amide bonds. The summed E-state index contributed by atoms with van der Waals surface area (Å²) in [6.45, 7) is 8.95. The first kappa shape index (κ1) is 27.4. The van der Waals surface area contributed by atoms with E-state index in [4.69, 9.17) is 9.26 Å². The average Bonchev–Trinajstić information content (AvgIpc) is 3.71. The summed E-state index contributed by atoms with van der Waals surface area (Å²) in [5.41, 5.74) is 6.50. The second-order valence-corrected chi connectivity index (χ2v) is 10.7. The summed E-state index contributed by atoms with van der Waals surface area (Å²) in [7, 11) is 0.